The number of carbonyl (C=O) groups is 1. The minimum absolute atomic E-state index is 0.0805. The molecule has 1 saturated heterocycles. The largest absolute Gasteiger partial charge is 0.416 e. The van der Waals surface area contributed by atoms with Crippen molar-refractivity contribution in [2.75, 3.05) is 49.7 Å². The van der Waals surface area contributed by atoms with Crippen LogP contribution in [0.15, 0.2) is 18.2 Å². The van der Waals surface area contributed by atoms with Crippen molar-refractivity contribution in [2.24, 2.45) is 0 Å². The first-order valence-corrected chi connectivity index (χ1v) is 7.61. The van der Waals surface area contributed by atoms with E-state index < -0.39 is 17.8 Å². The number of nitrogens with zero attached hydrogens (tertiary/aromatic N) is 1. The van der Waals surface area contributed by atoms with Gasteiger partial charge >= 0.3 is 12.2 Å². The zero-order chi connectivity index (χ0) is 17.6. The molecule has 2 rings (SSSR count). The van der Waals surface area contributed by atoms with Crippen molar-refractivity contribution in [1.82, 2.24) is 5.32 Å². The zero-order valence-electron chi connectivity index (χ0n) is 13.0. The summed E-state index contributed by atoms with van der Waals surface area (Å²) in [6.45, 7) is 2.17. The summed E-state index contributed by atoms with van der Waals surface area (Å²) in [6, 6.07) is 2.67. The summed E-state index contributed by atoms with van der Waals surface area (Å²) >= 11 is 0. The van der Waals surface area contributed by atoms with Gasteiger partial charge in [0.25, 0.3) is 0 Å². The molecule has 9 heteroatoms. The molecule has 0 radical (unpaired) electrons. The number of aliphatic hydroxyl groups excluding tert-OH is 1. The molecule has 1 aromatic rings. The van der Waals surface area contributed by atoms with E-state index in [1.54, 1.807) is 0 Å². The van der Waals surface area contributed by atoms with Crippen LogP contribution in [0.4, 0.5) is 29.3 Å². The van der Waals surface area contributed by atoms with Crippen molar-refractivity contribution in [3.63, 3.8) is 0 Å². The lowest BCUT2D eigenvalue weighted by Crippen LogP contribution is -2.37. The number of nitrogens with one attached hydrogen (secondary N) is 2. The summed E-state index contributed by atoms with van der Waals surface area (Å²) in [7, 11) is 0. The number of rotatable bonds is 5. The standard InChI is InChI=1S/C15H20F3N3O3/c16-15(17,18)11-2-3-13(21-5-8-24-9-6-21)12(10-11)20-14(23)19-4-1-7-22/h2-3,10,22H,1,4-9H2,(H2,19,20,23). The molecule has 0 aromatic heterocycles. The van der Waals surface area contributed by atoms with Gasteiger partial charge in [-0.05, 0) is 24.6 Å². The molecule has 1 aliphatic rings. The fraction of sp³-hybridized carbons (Fsp3) is 0.533. The summed E-state index contributed by atoms with van der Waals surface area (Å²) in [5, 5.41) is 13.6. The van der Waals surface area contributed by atoms with Gasteiger partial charge in [-0.2, -0.15) is 13.2 Å². The second-order valence-corrected chi connectivity index (χ2v) is 5.29. The van der Waals surface area contributed by atoms with Gasteiger partial charge in [0.2, 0.25) is 0 Å². The van der Waals surface area contributed by atoms with Crippen molar-refractivity contribution in [3.05, 3.63) is 23.8 Å². The molecular formula is C15H20F3N3O3. The summed E-state index contributed by atoms with van der Waals surface area (Å²) in [6.07, 6.45) is -4.13. The summed E-state index contributed by atoms with van der Waals surface area (Å²) < 4.78 is 44.1. The molecule has 0 saturated carbocycles. The number of aliphatic hydroxyl groups is 1. The number of anilines is 2. The van der Waals surface area contributed by atoms with Gasteiger partial charge in [-0.15, -0.1) is 0 Å². The third kappa shape index (κ3) is 5.00. The monoisotopic (exact) mass is 347 g/mol. The Bertz CT molecular complexity index is 561. The highest BCUT2D eigenvalue weighted by molar-refractivity contribution is 5.93. The first-order valence-electron chi connectivity index (χ1n) is 7.61. The summed E-state index contributed by atoms with van der Waals surface area (Å²) in [4.78, 5) is 13.7. The number of morpholine rings is 1. The van der Waals surface area contributed by atoms with Gasteiger partial charge in [-0.3, -0.25) is 0 Å². The van der Waals surface area contributed by atoms with Crippen molar-refractivity contribution in [1.29, 1.82) is 0 Å². The van der Waals surface area contributed by atoms with Crippen LogP contribution in [-0.4, -0.2) is 50.6 Å². The maximum absolute atomic E-state index is 12.9. The number of carbonyl (C=O) groups excluding carboxylic acids is 1. The van der Waals surface area contributed by atoms with Crippen LogP contribution in [0.2, 0.25) is 0 Å². The Morgan fingerprint density at radius 3 is 2.62 bits per heavy atom. The first-order chi connectivity index (χ1) is 11.4. The Morgan fingerprint density at radius 2 is 2.00 bits per heavy atom. The Labute approximate surface area is 137 Å². The van der Waals surface area contributed by atoms with E-state index in [0.717, 1.165) is 12.1 Å². The van der Waals surface area contributed by atoms with Crippen LogP contribution in [0.1, 0.15) is 12.0 Å². The molecule has 1 heterocycles. The van der Waals surface area contributed by atoms with Gasteiger partial charge in [0, 0.05) is 26.2 Å². The topological polar surface area (TPSA) is 73.8 Å². The lowest BCUT2D eigenvalue weighted by Gasteiger charge is -2.31. The fourth-order valence-electron chi connectivity index (χ4n) is 2.34. The van der Waals surface area contributed by atoms with Crippen molar-refractivity contribution in [3.8, 4) is 0 Å². The SMILES string of the molecule is O=C(NCCCO)Nc1cc(C(F)(F)F)ccc1N1CCOCC1. The number of alkyl halides is 3. The molecule has 134 valence electrons. The van der Waals surface area contributed by atoms with E-state index >= 15 is 0 Å². The molecular weight excluding hydrogens is 327 g/mol. The summed E-state index contributed by atoms with van der Waals surface area (Å²) in [5.41, 5.74) is -0.220. The maximum Gasteiger partial charge on any atom is 0.416 e. The molecule has 0 unspecified atom stereocenters. The van der Waals surface area contributed by atoms with Crippen LogP contribution in [-0.2, 0) is 10.9 Å². The highest BCUT2D eigenvalue weighted by Crippen LogP contribution is 2.35. The first kappa shape index (κ1) is 18.3. The third-order valence-corrected chi connectivity index (χ3v) is 3.54. The maximum atomic E-state index is 12.9. The minimum atomic E-state index is -4.49. The van der Waals surface area contributed by atoms with Gasteiger partial charge in [0.15, 0.2) is 0 Å². The number of hydrogen-bond donors (Lipinski definition) is 3. The highest BCUT2D eigenvalue weighted by atomic mass is 19.4. The average molecular weight is 347 g/mol. The Hall–Kier alpha value is -2.00. The predicted octanol–water partition coefficient (Wildman–Crippen LogP) is 2.05. The highest BCUT2D eigenvalue weighted by Gasteiger charge is 2.31. The number of hydrogen-bond acceptors (Lipinski definition) is 4. The molecule has 1 aromatic carbocycles. The number of ether oxygens (including phenoxy) is 1. The molecule has 0 bridgehead atoms. The second-order valence-electron chi connectivity index (χ2n) is 5.29. The van der Waals surface area contributed by atoms with E-state index in [4.69, 9.17) is 9.84 Å². The van der Waals surface area contributed by atoms with Crippen LogP contribution in [0.3, 0.4) is 0 Å². The van der Waals surface area contributed by atoms with E-state index in [1.165, 1.54) is 6.07 Å². The Kier molecular flexibility index (Phi) is 6.27. The number of benzene rings is 1. The van der Waals surface area contributed by atoms with E-state index in [0.29, 0.717) is 38.4 Å². The normalized spacial score (nSPS) is 15.2. The summed E-state index contributed by atoms with van der Waals surface area (Å²) in [5.74, 6) is 0. The second kappa shape index (κ2) is 8.20. The molecule has 6 nitrogen and oxygen atoms in total. The van der Waals surface area contributed by atoms with Crippen LogP contribution in [0.25, 0.3) is 0 Å². The van der Waals surface area contributed by atoms with Gasteiger partial charge in [0.1, 0.15) is 0 Å². The zero-order valence-corrected chi connectivity index (χ0v) is 13.0. The molecule has 24 heavy (non-hydrogen) atoms. The minimum Gasteiger partial charge on any atom is -0.396 e. The molecule has 0 atom stereocenters. The van der Waals surface area contributed by atoms with Crippen LogP contribution < -0.4 is 15.5 Å². The third-order valence-electron chi connectivity index (χ3n) is 3.54. The average Bonchev–Trinajstić information content (AvgIpc) is 2.55. The number of urea groups is 1. The molecule has 1 fully saturated rings. The Balaban J connectivity index is 2.21. The lowest BCUT2D eigenvalue weighted by molar-refractivity contribution is -0.137. The molecule has 0 spiro atoms. The van der Waals surface area contributed by atoms with E-state index in [2.05, 4.69) is 10.6 Å². The van der Waals surface area contributed by atoms with Crippen molar-refractivity contribution < 1.29 is 27.8 Å². The van der Waals surface area contributed by atoms with Crippen molar-refractivity contribution >= 4 is 17.4 Å². The van der Waals surface area contributed by atoms with E-state index in [1.807, 2.05) is 4.90 Å². The van der Waals surface area contributed by atoms with Gasteiger partial charge < -0.3 is 25.4 Å². The van der Waals surface area contributed by atoms with Crippen LogP contribution in [0, 0.1) is 0 Å². The molecule has 3 N–H and O–H groups in total. The Morgan fingerprint density at radius 1 is 1.29 bits per heavy atom. The quantitative estimate of drug-likeness (QED) is 0.713. The van der Waals surface area contributed by atoms with E-state index in [-0.39, 0.29) is 18.8 Å². The molecule has 2 amide bonds. The molecule has 0 aliphatic carbocycles. The number of amides is 2. The van der Waals surface area contributed by atoms with Gasteiger partial charge in [-0.1, -0.05) is 0 Å². The van der Waals surface area contributed by atoms with E-state index in [9.17, 15) is 18.0 Å². The predicted molar refractivity (Wildman–Crippen MR) is 83.2 cm³/mol. The fourth-order valence-corrected chi connectivity index (χ4v) is 2.34. The van der Waals surface area contributed by atoms with Crippen LogP contribution >= 0.6 is 0 Å². The van der Waals surface area contributed by atoms with Crippen molar-refractivity contribution in [2.45, 2.75) is 12.6 Å². The van der Waals surface area contributed by atoms with Gasteiger partial charge in [0.05, 0.1) is 30.2 Å². The molecule has 1 aliphatic heterocycles. The number of halogens is 3. The smallest absolute Gasteiger partial charge is 0.396 e. The lowest BCUT2D eigenvalue weighted by atomic mass is 10.1. The van der Waals surface area contributed by atoms with Crippen LogP contribution in [0.5, 0.6) is 0 Å². The van der Waals surface area contributed by atoms with Gasteiger partial charge in [-0.25, -0.2) is 4.79 Å².